The summed E-state index contributed by atoms with van der Waals surface area (Å²) in [6.45, 7) is 0.609. The minimum atomic E-state index is -0.0681. The van der Waals surface area contributed by atoms with Crippen LogP contribution in [0.1, 0.15) is 15.9 Å². The molecule has 0 aliphatic heterocycles. The molecule has 0 spiro atoms. The third kappa shape index (κ3) is 4.03. The average molecular weight is 384 g/mol. The molecule has 0 aliphatic carbocycles. The minimum absolute atomic E-state index is 0.0681. The van der Waals surface area contributed by atoms with Gasteiger partial charge in [-0.3, -0.25) is 9.78 Å². The van der Waals surface area contributed by atoms with Gasteiger partial charge in [0.15, 0.2) is 0 Å². The van der Waals surface area contributed by atoms with E-state index in [1.54, 1.807) is 49.8 Å². The quantitative estimate of drug-likeness (QED) is 0.568. The van der Waals surface area contributed by atoms with Crippen LogP contribution >= 0.6 is 0 Å². The first-order chi connectivity index (χ1) is 14.1. The molecule has 0 aliphatic rings. The van der Waals surface area contributed by atoms with Gasteiger partial charge in [-0.1, -0.05) is 18.2 Å². The number of nitrogens with one attached hydrogen (secondary N) is 1. The van der Waals surface area contributed by atoms with Crippen LogP contribution in [0.3, 0.4) is 0 Å². The van der Waals surface area contributed by atoms with Crippen LogP contribution in [-0.2, 0) is 6.54 Å². The number of benzene rings is 1. The summed E-state index contributed by atoms with van der Waals surface area (Å²) < 4.78 is 0. The maximum atomic E-state index is 12.7. The number of aromatic nitrogens is 4. The summed E-state index contributed by atoms with van der Waals surface area (Å²) in [6, 6.07) is 13.3. The van der Waals surface area contributed by atoms with Crippen LogP contribution in [0.25, 0.3) is 22.2 Å². The summed E-state index contributed by atoms with van der Waals surface area (Å²) in [4.78, 5) is 31.7. The van der Waals surface area contributed by atoms with E-state index in [1.807, 2.05) is 36.4 Å². The van der Waals surface area contributed by atoms with E-state index < -0.39 is 0 Å². The molecule has 0 unspecified atom stereocenters. The lowest BCUT2D eigenvalue weighted by Crippen LogP contribution is -2.22. The zero-order valence-corrected chi connectivity index (χ0v) is 16.2. The molecule has 1 aromatic carbocycles. The summed E-state index contributed by atoms with van der Waals surface area (Å²) >= 11 is 0. The molecule has 1 N–H and O–H groups in total. The summed E-state index contributed by atoms with van der Waals surface area (Å²) in [5, 5.41) is 4.01. The molecule has 3 heterocycles. The molecule has 4 aromatic rings. The number of pyridine rings is 2. The van der Waals surface area contributed by atoms with Crippen LogP contribution in [-0.4, -0.2) is 44.8 Å². The summed E-state index contributed by atoms with van der Waals surface area (Å²) in [6.07, 6.45) is 6.92. The number of anilines is 1. The molecule has 0 atom stereocenters. The zero-order chi connectivity index (χ0) is 20.2. The van der Waals surface area contributed by atoms with E-state index in [1.165, 1.54) is 0 Å². The molecular formula is C22H20N6O. The van der Waals surface area contributed by atoms with E-state index in [0.29, 0.717) is 23.8 Å². The highest BCUT2D eigenvalue weighted by atomic mass is 16.2. The highest BCUT2D eigenvalue weighted by molar-refractivity contribution is 6.07. The van der Waals surface area contributed by atoms with Crippen molar-refractivity contribution in [1.29, 1.82) is 0 Å². The highest BCUT2D eigenvalue weighted by Gasteiger charge is 2.15. The van der Waals surface area contributed by atoms with E-state index in [0.717, 1.165) is 22.0 Å². The minimum Gasteiger partial charge on any atom is -0.350 e. The van der Waals surface area contributed by atoms with E-state index in [2.05, 4.69) is 20.3 Å². The Balaban J connectivity index is 1.63. The van der Waals surface area contributed by atoms with E-state index in [9.17, 15) is 4.79 Å². The van der Waals surface area contributed by atoms with Gasteiger partial charge in [0.05, 0.1) is 16.8 Å². The van der Waals surface area contributed by atoms with Crippen LogP contribution in [0.2, 0.25) is 0 Å². The van der Waals surface area contributed by atoms with E-state index in [-0.39, 0.29) is 5.91 Å². The number of rotatable bonds is 5. The number of hydrogen-bond acceptors (Lipinski definition) is 6. The molecule has 7 heteroatoms. The van der Waals surface area contributed by atoms with E-state index >= 15 is 0 Å². The lowest BCUT2D eigenvalue weighted by atomic mass is 10.0. The first-order valence-electron chi connectivity index (χ1n) is 9.18. The van der Waals surface area contributed by atoms with Crippen LogP contribution in [0.5, 0.6) is 0 Å². The number of carbonyl (C=O) groups excluding carboxylic acids is 1. The first-order valence-corrected chi connectivity index (χ1v) is 9.18. The van der Waals surface area contributed by atoms with Crippen molar-refractivity contribution in [3.05, 3.63) is 78.4 Å². The predicted octanol–water partition coefficient (Wildman–Crippen LogP) is 3.40. The molecule has 4 rings (SSSR count). The summed E-state index contributed by atoms with van der Waals surface area (Å²) in [7, 11) is 3.48. The van der Waals surface area contributed by atoms with Gasteiger partial charge in [-0.15, -0.1) is 0 Å². The van der Waals surface area contributed by atoms with Crippen molar-refractivity contribution in [2.75, 3.05) is 19.4 Å². The number of para-hydroxylation sites is 1. The summed E-state index contributed by atoms with van der Waals surface area (Å²) in [5.74, 6) is 0.456. The van der Waals surface area contributed by atoms with Gasteiger partial charge in [0, 0.05) is 56.4 Å². The smallest absolute Gasteiger partial charge is 0.254 e. The largest absolute Gasteiger partial charge is 0.350 e. The molecular weight excluding hydrogens is 364 g/mol. The van der Waals surface area contributed by atoms with Crippen LogP contribution in [0, 0.1) is 0 Å². The van der Waals surface area contributed by atoms with Crippen molar-refractivity contribution >= 4 is 22.8 Å². The van der Waals surface area contributed by atoms with Gasteiger partial charge < -0.3 is 10.2 Å². The van der Waals surface area contributed by atoms with Crippen molar-refractivity contribution in [2.24, 2.45) is 0 Å². The Labute approximate surface area is 168 Å². The SMILES string of the molecule is CN(C)C(=O)c1cc(-c2cnc(NCc3ccncc3)nc2)nc2ccccc12. The second kappa shape index (κ2) is 8.02. The lowest BCUT2D eigenvalue weighted by molar-refractivity contribution is 0.0829. The molecule has 3 aromatic heterocycles. The predicted molar refractivity (Wildman–Crippen MR) is 112 cm³/mol. The zero-order valence-electron chi connectivity index (χ0n) is 16.2. The van der Waals surface area contributed by atoms with Crippen LogP contribution < -0.4 is 5.32 Å². The van der Waals surface area contributed by atoms with Gasteiger partial charge in [-0.05, 0) is 29.8 Å². The molecule has 144 valence electrons. The Morgan fingerprint density at radius 2 is 1.76 bits per heavy atom. The van der Waals surface area contributed by atoms with Crippen molar-refractivity contribution in [3.63, 3.8) is 0 Å². The third-order valence-electron chi connectivity index (χ3n) is 4.50. The Morgan fingerprint density at radius 3 is 2.48 bits per heavy atom. The monoisotopic (exact) mass is 384 g/mol. The number of nitrogens with zero attached hydrogens (tertiary/aromatic N) is 5. The first kappa shape index (κ1) is 18.5. The van der Waals surface area contributed by atoms with Gasteiger partial charge in [-0.2, -0.15) is 0 Å². The van der Waals surface area contributed by atoms with Gasteiger partial charge in [0.25, 0.3) is 5.91 Å². The van der Waals surface area contributed by atoms with Crippen molar-refractivity contribution < 1.29 is 4.79 Å². The molecule has 1 amide bonds. The molecule has 0 fully saturated rings. The van der Waals surface area contributed by atoms with Gasteiger partial charge in [-0.25, -0.2) is 15.0 Å². The van der Waals surface area contributed by atoms with Crippen LogP contribution in [0.15, 0.2) is 67.3 Å². The Bertz CT molecular complexity index is 1140. The second-order valence-corrected chi connectivity index (χ2v) is 6.78. The van der Waals surface area contributed by atoms with Crippen molar-refractivity contribution in [3.8, 4) is 11.3 Å². The Morgan fingerprint density at radius 1 is 1.03 bits per heavy atom. The van der Waals surface area contributed by atoms with Crippen molar-refractivity contribution in [2.45, 2.75) is 6.54 Å². The third-order valence-corrected chi connectivity index (χ3v) is 4.50. The molecule has 0 bridgehead atoms. The molecule has 0 saturated carbocycles. The number of hydrogen-bond donors (Lipinski definition) is 1. The Kier molecular flexibility index (Phi) is 5.11. The fourth-order valence-electron chi connectivity index (χ4n) is 2.97. The van der Waals surface area contributed by atoms with Gasteiger partial charge in [0.2, 0.25) is 5.95 Å². The molecule has 29 heavy (non-hydrogen) atoms. The average Bonchev–Trinajstić information content (AvgIpc) is 2.77. The molecule has 0 saturated heterocycles. The van der Waals surface area contributed by atoms with Gasteiger partial charge in [0.1, 0.15) is 0 Å². The fourth-order valence-corrected chi connectivity index (χ4v) is 2.97. The van der Waals surface area contributed by atoms with Crippen molar-refractivity contribution in [1.82, 2.24) is 24.8 Å². The molecule has 7 nitrogen and oxygen atoms in total. The number of carbonyl (C=O) groups is 1. The second-order valence-electron chi connectivity index (χ2n) is 6.78. The topological polar surface area (TPSA) is 83.9 Å². The summed E-state index contributed by atoms with van der Waals surface area (Å²) in [5.41, 5.74) is 3.87. The van der Waals surface area contributed by atoms with Gasteiger partial charge >= 0.3 is 0 Å². The maximum Gasteiger partial charge on any atom is 0.254 e. The van der Waals surface area contributed by atoms with Crippen LogP contribution in [0.4, 0.5) is 5.95 Å². The number of fused-ring (bicyclic) bond motifs is 1. The number of amides is 1. The maximum absolute atomic E-state index is 12.7. The highest BCUT2D eigenvalue weighted by Crippen LogP contribution is 2.25. The normalized spacial score (nSPS) is 10.7. The Hall–Kier alpha value is -3.87. The fraction of sp³-hybridized carbons (Fsp3) is 0.136. The standard InChI is InChI=1S/C22H20N6O/c1-28(2)21(29)18-11-20(27-19-6-4-3-5-17(18)19)16-13-25-22(26-14-16)24-12-15-7-9-23-10-8-15/h3-11,13-14H,12H2,1-2H3,(H,24,25,26). The molecule has 0 radical (unpaired) electrons. The van der Waals surface area contributed by atoms with E-state index in [4.69, 9.17) is 4.98 Å². The lowest BCUT2D eigenvalue weighted by Gasteiger charge is -2.14.